The van der Waals surface area contributed by atoms with Crippen molar-refractivity contribution < 1.29 is 4.74 Å². The summed E-state index contributed by atoms with van der Waals surface area (Å²) in [7, 11) is 1.53. The Balaban J connectivity index is 2.95. The second kappa shape index (κ2) is 4.10. The molecular weight excluding hydrogens is 174 g/mol. The predicted molar refractivity (Wildman–Crippen MR) is 47.8 cm³/mol. The molecule has 2 nitrogen and oxygen atoms in total. The van der Waals surface area contributed by atoms with Crippen molar-refractivity contribution in [3.63, 3.8) is 0 Å². The molecule has 1 aromatic rings. The monoisotopic (exact) mass is 181 g/mol. The first kappa shape index (κ1) is 9.05. The Kier molecular flexibility index (Phi) is 3.09. The quantitative estimate of drug-likeness (QED) is 0.652. The third-order valence-electron chi connectivity index (χ3n) is 1.40. The Morgan fingerprint density at radius 1 is 1.75 bits per heavy atom. The van der Waals surface area contributed by atoms with Gasteiger partial charge in [0.15, 0.2) is 6.10 Å². The van der Waals surface area contributed by atoms with Crippen LogP contribution < -0.4 is 0 Å². The lowest BCUT2D eigenvalue weighted by atomic mass is 10.2. The summed E-state index contributed by atoms with van der Waals surface area (Å²) >= 11 is 5.74. The van der Waals surface area contributed by atoms with Crippen molar-refractivity contribution in [3.8, 4) is 12.3 Å². The lowest BCUT2D eigenvalue weighted by molar-refractivity contribution is 0.147. The first-order valence-corrected chi connectivity index (χ1v) is 3.76. The highest BCUT2D eigenvalue weighted by molar-refractivity contribution is 6.30. The van der Waals surface area contributed by atoms with E-state index in [1.54, 1.807) is 18.3 Å². The van der Waals surface area contributed by atoms with Crippen LogP contribution in [0.5, 0.6) is 0 Å². The zero-order valence-corrected chi connectivity index (χ0v) is 7.38. The summed E-state index contributed by atoms with van der Waals surface area (Å²) in [5.41, 5.74) is 0.660. The molecule has 0 N–H and O–H groups in total. The minimum atomic E-state index is -0.413. The van der Waals surface area contributed by atoms with E-state index >= 15 is 0 Å². The Hall–Kier alpha value is -1.04. The fourth-order valence-corrected chi connectivity index (χ4v) is 1.01. The molecule has 1 atom stereocenters. The minimum absolute atomic E-state index is 0.413. The molecule has 1 rings (SSSR count). The maximum absolute atomic E-state index is 5.74. The van der Waals surface area contributed by atoms with Gasteiger partial charge in [0.1, 0.15) is 0 Å². The number of methoxy groups -OCH3 is 1. The van der Waals surface area contributed by atoms with Gasteiger partial charge in [-0.1, -0.05) is 17.5 Å². The molecule has 3 heteroatoms. The highest BCUT2D eigenvalue weighted by Crippen LogP contribution is 2.16. The van der Waals surface area contributed by atoms with Gasteiger partial charge in [0.2, 0.25) is 0 Å². The minimum Gasteiger partial charge on any atom is -0.362 e. The van der Waals surface area contributed by atoms with Gasteiger partial charge in [0.05, 0.1) is 5.69 Å². The number of rotatable bonds is 2. The fraction of sp³-hybridized carbons (Fsp3) is 0.222. The molecule has 0 spiro atoms. The first-order chi connectivity index (χ1) is 5.77. The lowest BCUT2D eigenvalue weighted by Gasteiger charge is -2.06. The molecule has 0 saturated carbocycles. The van der Waals surface area contributed by atoms with Gasteiger partial charge >= 0.3 is 0 Å². The molecule has 0 aliphatic rings. The summed E-state index contributed by atoms with van der Waals surface area (Å²) in [6.45, 7) is 0. The molecular formula is C9H8ClNO. The van der Waals surface area contributed by atoms with Gasteiger partial charge in [-0.25, -0.2) is 0 Å². The van der Waals surface area contributed by atoms with Crippen molar-refractivity contribution in [2.45, 2.75) is 6.10 Å². The third kappa shape index (κ3) is 1.97. The summed E-state index contributed by atoms with van der Waals surface area (Å²) in [5, 5.41) is 0.609. The molecule has 1 heterocycles. The van der Waals surface area contributed by atoms with E-state index in [9.17, 15) is 0 Å². The molecule has 0 bridgehead atoms. The van der Waals surface area contributed by atoms with E-state index in [-0.39, 0.29) is 0 Å². The topological polar surface area (TPSA) is 22.1 Å². The van der Waals surface area contributed by atoms with Crippen LogP contribution in [0.15, 0.2) is 18.3 Å². The van der Waals surface area contributed by atoms with Crippen LogP contribution >= 0.6 is 11.6 Å². The molecule has 0 amide bonds. The summed E-state index contributed by atoms with van der Waals surface area (Å²) in [6, 6.07) is 3.38. The molecule has 0 aliphatic carbocycles. The van der Waals surface area contributed by atoms with Crippen molar-refractivity contribution in [2.24, 2.45) is 0 Å². The molecule has 0 saturated heterocycles. The Bertz CT molecular complexity index is 306. The van der Waals surface area contributed by atoms with Crippen LogP contribution in [0.2, 0.25) is 5.02 Å². The number of pyridine rings is 1. The predicted octanol–water partition coefficient (Wildman–Crippen LogP) is 2.06. The van der Waals surface area contributed by atoms with Gasteiger partial charge in [-0.15, -0.1) is 6.42 Å². The average Bonchev–Trinajstić information content (AvgIpc) is 2.07. The summed E-state index contributed by atoms with van der Waals surface area (Å²) in [5.74, 6) is 2.45. The number of nitrogens with zero attached hydrogens (tertiary/aromatic N) is 1. The zero-order chi connectivity index (χ0) is 8.97. The molecule has 0 aromatic carbocycles. The average molecular weight is 182 g/mol. The van der Waals surface area contributed by atoms with Crippen LogP contribution in [-0.4, -0.2) is 12.1 Å². The van der Waals surface area contributed by atoms with Crippen LogP contribution in [0, 0.1) is 12.3 Å². The van der Waals surface area contributed by atoms with E-state index in [1.807, 2.05) is 0 Å². The molecule has 0 fully saturated rings. The van der Waals surface area contributed by atoms with E-state index in [1.165, 1.54) is 7.11 Å². The number of halogens is 1. The smallest absolute Gasteiger partial charge is 0.159 e. The summed E-state index contributed by atoms with van der Waals surface area (Å²) in [6.07, 6.45) is 6.39. The van der Waals surface area contributed by atoms with Crippen molar-refractivity contribution in [3.05, 3.63) is 29.0 Å². The Labute approximate surface area is 76.5 Å². The fourth-order valence-electron chi connectivity index (χ4n) is 0.839. The SMILES string of the molecule is C#CC(OC)c1cc(Cl)ccn1. The number of terminal acetylenes is 1. The number of hydrogen-bond acceptors (Lipinski definition) is 2. The lowest BCUT2D eigenvalue weighted by Crippen LogP contribution is -2.00. The maximum Gasteiger partial charge on any atom is 0.159 e. The van der Waals surface area contributed by atoms with Crippen LogP contribution in [0.4, 0.5) is 0 Å². The first-order valence-electron chi connectivity index (χ1n) is 3.38. The number of aromatic nitrogens is 1. The largest absolute Gasteiger partial charge is 0.362 e. The van der Waals surface area contributed by atoms with Crippen LogP contribution in [0.3, 0.4) is 0 Å². The maximum atomic E-state index is 5.74. The van der Waals surface area contributed by atoms with Crippen molar-refractivity contribution >= 4 is 11.6 Å². The Morgan fingerprint density at radius 2 is 2.50 bits per heavy atom. The zero-order valence-electron chi connectivity index (χ0n) is 6.62. The van der Waals surface area contributed by atoms with Gasteiger partial charge in [-0.3, -0.25) is 4.98 Å². The highest BCUT2D eigenvalue weighted by Gasteiger charge is 2.07. The molecule has 1 unspecified atom stereocenters. The molecule has 1 aromatic heterocycles. The van der Waals surface area contributed by atoms with Crippen LogP contribution in [0.1, 0.15) is 11.8 Å². The van der Waals surface area contributed by atoms with E-state index in [2.05, 4.69) is 10.9 Å². The van der Waals surface area contributed by atoms with Gasteiger partial charge in [-0.2, -0.15) is 0 Å². The van der Waals surface area contributed by atoms with E-state index < -0.39 is 6.10 Å². The van der Waals surface area contributed by atoms with E-state index in [0.29, 0.717) is 10.7 Å². The number of hydrogen-bond donors (Lipinski definition) is 0. The van der Waals surface area contributed by atoms with E-state index in [4.69, 9.17) is 22.8 Å². The van der Waals surface area contributed by atoms with Crippen molar-refractivity contribution in [1.82, 2.24) is 4.98 Å². The summed E-state index contributed by atoms with van der Waals surface area (Å²) < 4.78 is 4.98. The van der Waals surface area contributed by atoms with Crippen LogP contribution in [-0.2, 0) is 4.74 Å². The van der Waals surface area contributed by atoms with Gasteiger partial charge in [0.25, 0.3) is 0 Å². The van der Waals surface area contributed by atoms with Crippen LogP contribution in [0.25, 0.3) is 0 Å². The Morgan fingerprint density at radius 3 is 3.00 bits per heavy atom. The second-order valence-electron chi connectivity index (χ2n) is 2.18. The van der Waals surface area contributed by atoms with Crippen molar-refractivity contribution in [2.75, 3.05) is 7.11 Å². The number of ether oxygens (including phenoxy) is 1. The highest BCUT2D eigenvalue weighted by atomic mass is 35.5. The van der Waals surface area contributed by atoms with Crippen molar-refractivity contribution in [1.29, 1.82) is 0 Å². The summed E-state index contributed by atoms with van der Waals surface area (Å²) in [4.78, 5) is 4.03. The van der Waals surface area contributed by atoms with Gasteiger partial charge in [0, 0.05) is 18.3 Å². The normalized spacial score (nSPS) is 12.1. The standard InChI is InChI=1S/C9H8ClNO/c1-3-9(12-2)8-6-7(10)4-5-11-8/h1,4-6,9H,2H3. The molecule has 62 valence electrons. The molecule has 12 heavy (non-hydrogen) atoms. The third-order valence-corrected chi connectivity index (χ3v) is 1.63. The second-order valence-corrected chi connectivity index (χ2v) is 2.62. The molecule has 0 aliphatic heterocycles. The molecule has 0 radical (unpaired) electrons. The van der Waals surface area contributed by atoms with Gasteiger partial charge < -0.3 is 4.74 Å². The van der Waals surface area contributed by atoms with E-state index in [0.717, 1.165) is 0 Å². The van der Waals surface area contributed by atoms with Gasteiger partial charge in [-0.05, 0) is 12.1 Å².